The molecular formula is C25H20Cl3N3O2S. The lowest BCUT2D eigenvalue weighted by molar-refractivity contribution is 0.269. The van der Waals surface area contributed by atoms with Crippen LogP contribution >= 0.6 is 46.1 Å². The number of anilines is 1. The highest BCUT2D eigenvalue weighted by atomic mass is 35.5. The Morgan fingerprint density at radius 3 is 2.50 bits per heavy atom. The van der Waals surface area contributed by atoms with Crippen molar-refractivity contribution >= 4 is 57.5 Å². The maximum atomic E-state index is 6.28. The molecule has 0 bridgehead atoms. The van der Waals surface area contributed by atoms with Gasteiger partial charge in [-0.1, -0.05) is 46.9 Å². The summed E-state index contributed by atoms with van der Waals surface area (Å²) in [6.45, 7) is 2.86. The average Bonchev–Trinajstić information content (AvgIpc) is 3.28. The van der Waals surface area contributed by atoms with Gasteiger partial charge in [-0.15, -0.1) is 11.3 Å². The molecule has 0 saturated carbocycles. The number of benzene rings is 3. The molecule has 4 aromatic rings. The lowest BCUT2D eigenvalue weighted by Gasteiger charge is -2.12. The zero-order valence-electron chi connectivity index (χ0n) is 18.1. The molecule has 174 valence electrons. The summed E-state index contributed by atoms with van der Waals surface area (Å²) in [5, 5.41) is 8.68. The van der Waals surface area contributed by atoms with Crippen LogP contribution in [0.1, 0.15) is 18.1 Å². The summed E-state index contributed by atoms with van der Waals surface area (Å²) in [5.41, 5.74) is 6.40. The van der Waals surface area contributed by atoms with Gasteiger partial charge in [0.1, 0.15) is 6.61 Å². The molecule has 34 heavy (non-hydrogen) atoms. The van der Waals surface area contributed by atoms with Gasteiger partial charge in [0.2, 0.25) is 5.13 Å². The zero-order valence-corrected chi connectivity index (χ0v) is 21.2. The SMILES string of the molecule is CCOc1cc(C=NNc2nc(-c3ccc(Cl)cc3Cl)cs2)ccc1OCc1ccc(Cl)cc1. The van der Waals surface area contributed by atoms with Gasteiger partial charge in [-0.2, -0.15) is 5.10 Å². The van der Waals surface area contributed by atoms with Crippen LogP contribution < -0.4 is 14.9 Å². The lowest BCUT2D eigenvalue weighted by atomic mass is 10.2. The lowest BCUT2D eigenvalue weighted by Crippen LogP contribution is -2.00. The molecule has 3 aromatic carbocycles. The van der Waals surface area contributed by atoms with E-state index in [0.717, 1.165) is 22.4 Å². The van der Waals surface area contributed by atoms with Crippen LogP contribution in [0.25, 0.3) is 11.3 Å². The van der Waals surface area contributed by atoms with E-state index < -0.39 is 0 Å². The second-order valence-corrected chi connectivity index (χ2v) is 9.22. The third-order valence-corrected chi connectivity index (χ3v) is 6.21. The number of ether oxygens (including phenoxy) is 2. The minimum atomic E-state index is 0.413. The van der Waals surface area contributed by atoms with Crippen molar-refractivity contribution in [1.29, 1.82) is 0 Å². The molecule has 0 atom stereocenters. The van der Waals surface area contributed by atoms with Crippen LogP contribution in [0.3, 0.4) is 0 Å². The number of nitrogens with zero attached hydrogens (tertiary/aromatic N) is 2. The minimum Gasteiger partial charge on any atom is -0.490 e. The third kappa shape index (κ3) is 6.42. The number of hydrogen-bond acceptors (Lipinski definition) is 6. The second kappa shape index (κ2) is 11.6. The fourth-order valence-corrected chi connectivity index (χ4v) is 4.33. The molecule has 1 heterocycles. The highest BCUT2D eigenvalue weighted by molar-refractivity contribution is 7.14. The van der Waals surface area contributed by atoms with Crippen molar-refractivity contribution in [2.75, 3.05) is 12.0 Å². The number of aromatic nitrogens is 1. The standard InChI is InChI=1S/C25H20Cl3N3O2S/c1-2-32-24-11-17(5-10-23(24)33-14-16-3-6-18(26)7-4-16)13-29-31-25-30-22(15-34-25)20-9-8-19(27)12-21(20)28/h3-13,15H,2,14H2,1H3,(H,30,31). The molecule has 0 saturated heterocycles. The first-order valence-electron chi connectivity index (χ1n) is 10.4. The third-order valence-electron chi connectivity index (χ3n) is 4.66. The Kier molecular flexibility index (Phi) is 8.29. The summed E-state index contributed by atoms with van der Waals surface area (Å²) in [7, 11) is 0. The Bertz CT molecular complexity index is 1290. The summed E-state index contributed by atoms with van der Waals surface area (Å²) >= 11 is 19.6. The Balaban J connectivity index is 1.41. The monoisotopic (exact) mass is 531 g/mol. The Labute approximate surface area is 216 Å². The van der Waals surface area contributed by atoms with Crippen LogP contribution in [0.4, 0.5) is 5.13 Å². The van der Waals surface area contributed by atoms with Gasteiger partial charge in [0.25, 0.3) is 0 Å². The molecule has 0 aliphatic rings. The van der Waals surface area contributed by atoms with Crippen molar-refractivity contribution in [3.05, 3.63) is 92.2 Å². The van der Waals surface area contributed by atoms with Crippen LogP contribution in [0.15, 0.2) is 71.1 Å². The summed E-state index contributed by atoms with van der Waals surface area (Å²) in [6, 6.07) is 18.5. The summed E-state index contributed by atoms with van der Waals surface area (Å²) in [4.78, 5) is 4.54. The van der Waals surface area contributed by atoms with E-state index >= 15 is 0 Å². The first-order valence-corrected chi connectivity index (χ1v) is 12.4. The maximum absolute atomic E-state index is 6.28. The van der Waals surface area contributed by atoms with E-state index in [4.69, 9.17) is 44.3 Å². The van der Waals surface area contributed by atoms with Crippen molar-refractivity contribution < 1.29 is 9.47 Å². The van der Waals surface area contributed by atoms with E-state index in [2.05, 4.69) is 15.5 Å². The topological polar surface area (TPSA) is 55.7 Å². The second-order valence-electron chi connectivity index (χ2n) is 7.09. The van der Waals surface area contributed by atoms with E-state index in [1.54, 1.807) is 18.3 Å². The van der Waals surface area contributed by atoms with Gasteiger partial charge < -0.3 is 9.47 Å². The molecule has 0 radical (unpaired) electrons. The predicted octanol–water partition coefficient (Wildman–Crippen LogP) is 8.19. The minimum absolute atomic E-state index is 0.413. The summed E-state index contributed by atoms with van der Waals surface area (Å²) < 4.78 is 11.7. The largest absolute Gasteiger partial charge is 0.490 e. The van der Waals surface area contributed by atoms with Gasteiger partial charge >= 0.3 is 0 Å². The van der Waals surface area contributed by atoms with Crippen LogP contribution in [0.2, 0.25) is 15.1 Å². The molecule has 0 fully saturated rings. The molecule has 9 heteroatoms. The number of thiazole rings is 1. The fraction of sp³-hybridized carbons (Fsp3) is 0.120. The fourth-order valence-electron chi connectivity index (χ4n) is 3.04. The molecule has 4 rings (SSSR count). The highest BCUT2D eigenvalue weighted by Crippen LogP contribution is 2.32. The first-order chi connectivity index (χ1) is 16.5. The smallest absolute Gasteiger partial charge is 0.203 e. The van der Waals surface area contributed by atoms with Gasteiger partial charge in [-0.05, 0) is 66.6 Å². The van der Waals surface area contributed by atoms with E-state index in [9.17, 15) is 0 Å². The Morgan fingerprint density at radius 1 is 0.941 bits per heavy atom. The molecule has 0 unspecified atom stereocenters. The molecule has 1 aromatic heterocycles. The first kappa shape index (κ1) is 24.4. The number of rotatable bonds is 9. The normalized spacial score (nSPS) is 11.1. The van der Waals surface area contributed by atoms with Gasteiger partial charge in [-0.25, -0.2) is 4.98 Å². The van der Waals surface area contributed by atoms with Crippen molar-refractivity contribution in [3.8, 4) is 22.8 Å². The van der Waals surface area contributed by atoms with Crippen molar-refractivity contribution in [2.24, 2.45) is 5.10 Å². The molecule has 0 aliphatic carbocycles. The van der Waals surface area contributed by atoms with Crippen molar-refractivity contribution in [2.45, 2.75) is 13.5 Å². The van der Waals surface area contributed by atoms with Crippen molar-refractivity contribution in [1.82, 2.24) is 4.98 Å². The number of hydrogen-bond donors (Lipinski definition) is 1. The molecule has 5 nitrogen and oxygen atoms in total. The van der Waals surface area contributed by atoms with Gasteiger partial charge in [0.05, 0.1) is 23.5 Å². The van der Waals surface area contributed by atoms with Crippen molar-refractivity contribution in [3.63, 3.8) is 0 Å². The summed E-state index contributed by atoms with van der Waals surface area (Å²) in [6.07, 6.45) is 1.70. The Hall–Kier alpha value is -2.77. The van der Waals surface area contributed by atoms with E-state index in [1.807, 2.05) is 60.8 Å². The molecule has 0 amide bonds. The maximum Gasteiger partial charge on any atom is 0.203 e. The number of nitrogens with one attached hydrogen (secondary N) is 1. The van der Waals surface area contributed by atoms with Gasteiger partial charge in [0.15, 0.2) is 11.5 Å². The summed E-state index contributed by atoms with van der Waals surface area (Å²) in [5.74, 6) is 1.31. The average molecular weight is 533 g/mol. The molecular weight excluding hydrogens is 513 g/mol. The van der Waals surface area contributed by atoms with E-state index in [-0.39, 0.29) is 0 Å². The van der Waals surface area contributed by atoms with Gasteiger partial charge in [-0.3, -0.25) is 5.43 Å². The highest BCUT2D eigenvalue weighted by Gasteiger charge is 2.09. The van der Waals surface area contributed by atoms with Crippen LogP contribution in [0.5, 0.6) is 11.5 Å². The molecule has 0 aliphatic heterocycles. The zero-order chi connectivity index (χ0) is 23.9. The predicted molar refractivity (Wildman–Crippen MR) is 142 cm³/mol. The quantitative estimate of drug-likeness (QED) is 0.174. The number of halogens is 3. The van der Waals surface area contributed by atoms with E-state index in [0.29, 0.717) is 44.9 Å². The van der Waals surface area contributed by atoms with Crippen LogP contribution in [-0.4, -0.2) is 17.8 Å². The van der Waals surface area contributed by atoms with Crippen LogP contribution in [-0.2, 0) is 6.61 Å². The van der Waals surface area contributed by atoms with Gasteiger partial charge in [0, 0.05) is 21.0 Å². The molecule has 0 spiro atoms. The number of hydrazone groups is 1. The molecule has 1 N–H and O–H groups in total. The van der Waals surface area contributed by atoms with Crippen LogP contribution in [0, 0.1) is 0 Å². The van der Waals surface area contributed by atoms with E-state index in [1.165, 1.54) is 11.3 Å². The Morgan fingerprint density at radius 2 is 1.74 bits per heavy atom.